The Morgan fingerprint density at radius 2 is 1.84 bits per heavy atom. The lowest BCUT2D eigenvalue weighted by Gasteiger charge is -2.30. The minimum Gasteiger partial charge on any atom is -0.457 e. The lowest BCUT2D eigenvalue weighted by atomic mass is 9.80. The van der Waals surface area contributed by atoms with E-state index in [1.165, 1.54) is 11.1 Å². The second kappa shape index (κ2) is 4.76. The van der Waals surface area contributed by atoms with Crippen LogP contribution >= 0.6 is 0 Å². The van der Waals surface area contributed by atoms with Crippen molar-refractivity contribution < 1.29 is 4.74 Å². The fourth-order valence-electron chi connectivity index (χ4n) is 2.24. The predicted molar refractivity (Wildman–Crippen MR) is 82.6 cm³/mol. The van der Waals surface area contributed by atoms with Crippen LogP contribution in [0.1, 0.15) is 33.3 Å². The standard InChI is InChI=1S/C17H23NO/c1-7-13-11-15(17(2,3)4)14-9-8-12(18(5)6)10-16(14)19-13/h7-11H,1-6H3/b13-7-. The normalized spacial score (nSPS) is 16.7. The van der Waals surface area contributed by atoms with Crippen molar-refractivity contribution in [1.82, 2.24) is 0 Å². The van der Waals surface area contributed by atoms with Crippen molar-refractivity contribution in [1.29, 1.82) is 0 Å². The number of rotatable bonds is 1. The van der Waals surface area contributed by atoms with E-state index in [-0.39, 0.29) is 5.41 Å². The lowest BCUT2D eigenvalue weighted by Crippen LogP contribution is -2.15. The zero-order chi connectivity index (χ0) is 14.2. The first-order valence-corrected chi connectivity index (χ1v) is 6.71. The quantitative estimate of drug-likeness (QED) is 0.735. The molecule has 0 unspecified atom stereocenters. The van der Waals surface area contributed by atoms with E-state index >= 15 is 0 Å². The fourth-order valence-corrected chi connectivity index (χ4v) is 2.24. The maximum Gasteiger partial charge on any atom is 0.136 e. The van der Waals surface area contributed by atoms with E-state index in [4.69, 9.17) is 4.74 Å². The van der Waals surface area contributed by atoms with Crippen LogP contribution in [0.4, 0.5) is 5.69 Å². The number of fused-ring (bicyclic) bond motifs is 1. The van der Waals surface area contributed by atoms with E-state index in [0.717, 1.165) is 17.2 Å². The van der Waals surface area contributed by atoms with Gasteiger partial charge in [0.1, 0.15) is 11.5 Å². The van der Waals surface area contributed by atoms with E-state index < -0.39 is 0 Å². The smallest absolute Gasteiger partial charge is 0.136 e. The first-order chi connectivity index (χ1) is 8.82. The molecule has 2 rings (SSSR count). The van der Waals surface area contributed by atoms with Gasteiger partial charge in [-0.05, 0) is 42.2 Å². The van der Waals surface area contributed by atoms with Crippen LogP contribution < -0.4 is 9.64 Å². The second-order valence-electron chi connectivity index (χ2n) is 6.18. The molecule has 0 aliphatic carbocycles. The number of nitrogens with zero attached hydrogens (tertiary/aromatic N) is 1. The molecule has 0 aromatic heterocycles. The molecule has 102 valence electrons. The predicted octanol–water partition coefficient (Wildman–Crippen LogP) is 4.48. The first-order valence-electron chi connectivity index (χ1n) is 6.71. The van der Waals surface area contributed by atoms with Crippen LogP contribution in [0.25, 0.3) is 5.57 Å². The number of anilines is 1. The van der Waals surface area contributed by atoms with E-state index in [1.54, 1.807) is 0 Å². The van der Waals surface area contributed by atoms with Gasteiger partial charge < -0.3 is 9.64 Å². The van der Waals surface area contributed by atoms with E-state index in [0.29, 0.717) is 0 Å². The Hall–Kier alpha value is -1.70. The largest absolute Gasteiger partial charge is 0.457 e. The van der Waals surface area contributed by atoms with E-state index in [9.17, 15) is 0 Å². The third-order valence-corrected chi connectivity index (χ3v) is 3.38. The Morgan fingerprint density at radius 1 is 1.16 bits per heavy atom. The molecule has 1 aromatic rings. The molecule has 0 saturated heterocycles. The van der Waals surface area contributed by atoms with Gasteiger partial charge in [-0.15, -0.1) is 0 Å². The molecule has 0 N–H and O–H groups in total. The van der Waals surface area contributed by atoms with Crippen molar-refractivity contribution in [2.24, 2.45) is 5.41 Å². The summed E-state index contributed by atoms with van der Waals surface area (Å²) >= 11 is 0. The topological polar surface area (TPSA) is 12.5 Å². The van der Waals surface area contributed by atoms with Gasteiger partial charge in [-0.2, -0.15) is 0 Å². The summed E-state index contributed by atoms with van der Waals surface area (Å²) in [6.45, 7) is 8.72. The van der Waals surface area contributed by atoms with Gasteiger partial charge in [0.25, 0.3) is 0 Å². The highest BCUT2D eigenvalue weighted by Gasteiger charge is 2.26. The number of allylic oxidation sites excluding steroid dienone is 3. The molecular weight excluding hydrogens is 234 g/mol. The molecule has 1 heterocycles. The number of ether oxygens (including phenoxy) is 1. The van der Waals surface area contributed by atoms with Crippen molar-refractivity contribution in [3.8, 4) is 5.75 Å². The molecule has 19 heavy (non-hydrogen) atoms. The third kappa shape index (κ3) is 2.67. The summed E-state index contributed by atoms with van der Waals surface area (Å²) in [5, 5.41) is 0. The van der Waals surface area contributed by atoms with Gasteiger partial charge in [-0.25, -0.2) is 0 Å². The summed E-state index contributed by atoms with van der Waals surface area (Å²) in [7, 11) is 4.09. The van der Waals surface area contributed by atoms with Crippen LogP contribution in [0.3, 0.4) is 0 Å². The van der Waals surface area contributed by atoms with Gasteiger partial charge in [0.05, 0.1) is 0 Å². The highest BCUT2D eigenvalue weighted by molar-refractivity contribution is 5.79. The molecule has 0 fully saturated rings. The van der Waals surface area contributed by atoms with Crippen LogP contribution in [0.15, 0.2) is 36.1 Å². The zero-order valence-corrected chi connectivity index (χ0v) is 12.7. The first kappa shape index (κ1) is 13.7. The van der Waals surface area contributed by atoms with Gasteiger partial charge in [0, 0.05) is 31.4 Å². The summed E-state index contributed by atoms with van der Waals surface area (Å²) in [6.07, 6.45) is 4.16. The molecular formula is C17H23NO. The van der Waals surface area contributed by atoms with Gasteiger partial charge in [0.2, 0.25) is 0 Å². The molecule has 1 aromatic carbocycles. The molecule has 0 spiro atoms. The molecule has 0 atom stereocenters. The Kier molecular flexibility index (Phi) is 3.44. The van der Waals surface area contributed by atoms with Crippen LogP contribution in [-0.4, -0.2) is 14.1 Å². The van der Waals surface area contributed by atoms with Gasteiger partial charge in [-0.3, -0.25) is 0 Å². The molecule has 0 amide bonds. The third-order valence-electron chi connectivity index (χ3n) is 3.38. The summed E-state index contributed by atoms with van der Waals surface area (Å²) in [4.78, 5) is 2.09. The minimum absolute atomic E-state index is 0.104. The number of hydrogen-bond donors (Lipinski definition) is 0. The maximum atomic E-state index is 5.96. The van der Waals surface area contributed by atoms with Crippen molar-refractivity contribution >= 4 is 11.3 Å². The maximum absolute atomic E-state index is 5.96. The molecule has 2 heteroatoms. The summed E-state index contributed by atoms with van der Waals surface area (Å²) in [6, 6.07) is 6.41. The fraction of sp³-hybridized carbons (Fsp3) is 0.412. The SMILES string of the molecule is C/C=C1/C=C(C(C)(C)C)c2ccc(N(C)C)cc2O1. The molecule has 0 saturated carbocycles. The molecule has 0 radical (unpaired) electrons. The minimum atomic E-state index is 0.104. The van der Waals surface area contributed by atoms with Gasteiger partial charge in [0.15, 0.2) is 0 Å². The van der Waals surface area contributed by atoms with Crippen LogP contribution in [0.2, 0.25) is 0 Å². The highest BCUT2D eigenvalue weighted by atomic mass is 16.5. The molecule has 1 aliphatic rings. The van der Waals surface area contributed by atoms with Crippen molar-refractivity contribution in [3.05, 3.63) is 41.7 Å². The number of hydrogen-bond acceptors (Lipinski definition) is 2. The average Bonchev–Trinajstić information content (AvgIpc) is 2.35. The van der Waals surface area contributed by atoms with Crippen LogP contribution in [-0.2, 0) is 0 Å². The van der Waals surface area contributed by atoms with E-state index in [2.05, 4.69) is 49.9 Å². The molecule has 1 aliphatic heterocycles. The van der Waals surface area contributed by atoms with Crippen molar-refractivity contribution in [3.63, 3.8) is 0 Å². The summed E-state index contributed by atoms with van der Waals surface area (Å²) in [5.41, 5.74) is 3.78. The van der Waals surface area contributed by atoms with Gasteiger partial charge >= 0.3 is 0 Å². The second-order valence-corrected chi connectivity index (χ2v) is 6.18. The zero-order valence-electron chi connectivity index (χ0n) is 12.7. The highest BCUT2D eigenvalue weighted by Crippen LogP contribution is 2.43. The van der Waals surface area contributed by atoms with Gasteiger partial charge in [-0.1, -0.05) is 20.8 Å². The number of benzene rings is 1. The van der Waals surface area contributed by atoms with E-state index in [1.807, 2.05) is 27.1 Å². The Bertz CT molecular complexity index is 545. The monoisotopic (exact) mass is 257 g/mol. The van der Waals surface area contributed by atoms with Crippen LogP contribution in [0.5, 0.6) is 5.75 Å². The van der Waals surface area contributed by atoms with Crippen molar-refractivity contribution in [2.45, 2.75) is 27.7 Å². The summed E-state index contributed by atoms with van der Waals surface area (Å²) < 4.78 is 5.96. The van der Waals surface area contributed by atoms with Crippen LogP contribution in [0, 0.1) is 5.41 Å². The Labute approximate surface area is 116 Å². The Balaban J connectivity index is 2.58. The summed E-state index contributed by atoms with van der Waals surface area (Å²) in [5.74, 6) is 1.88. The lowest BCUT2D eigenvalue weighted by molar-refractivity contribution is 0.429. The average molecular weight is 257 g/mol. The Morgan fingerprint density at radius 3 is 2.37 bits per heavy atom. The molecule has 2 nitrogen and oxygen atoms in total. The molecule has 0 bridgehead atoms. The van der Waals surface area contributed by atoms with Crippen molar-refractivity contribution in [2.75, 3.05) is 19.0 Å².